The molecule has 1 aromatic carbocycles. The molecule has 0 saturated heterocycles. The van der Waals surface area contributed by atoms with Crippen LogP contribution in [0.25, 0.3) is 0 Å². The van der Waals surface area contributed by atoms with Crippen LogP contribution in [-0.4, -0.2) is 12.2 Å². The van der Waals surface area contributed by atoms with E-state index in [9.17, 15) is 5.11 Å². The lowest BCUT2D eigenvalue weighted by molar-refractivity contribution is 0.476. The zero-order valence-corrected chi connectivity index (χ0v) is 6.13. The summed E-state index contributed by atoms with van der Waals surface area (Å²) in [6, 6.07) is 6.86. The van der Waals surface area contributed by atoms with Crippen LogP contribution in [0.4, 0.5) is 5.69 Å². The number of benzene rings is 1. The summed E-state index contributed by atoms with van der Waals surface area (Å²) in [6.45, 7) is 0. The molecular weight excluding hydrogens is 140 g/mol. The third-order valence-electron chi connectivity index (χ3n) is 1.43. The van der Waals surface area contributed by atoms with Gasteiger partial charge in [-0.1, -0.05) is 6.07 Å². The lowest BCUT2D eigenvalue weighted by atomic mass is 10.2. The molecule has 1 aromatic rings. The van der Waals surface area contributed by atoms with Crippen molar-refractivity contribution in [3.05, 3.63) is 23.8 Å². The Balaban J connectivity index is 3.23. The molecule has 0 heterocycles. The predicted octanol–water partition coefficient (Wildman–Crippen LogP) is 1.31. The molecule has 0 saturated carbocycles. The van der Waals surface area contributed by atoms with Crippen molar-refractivity contribution < 1.29 is 5.11 Å². The first-order valence-electron chi connectivity index (χ1n) is 3.19. The average molecular weight is 148 g/mol. The number of hydrogen-bond donors (Lipinski definition) is 2. The molecule has 1 rings (SSSR count). The number of nitrogens with one attached hydrogen (secondary N) is 1. The molecule has 0 atom stereocenters. The number of nitrogens with zero attached hydrogens (tertiary/aromatic N) is 1. The van der Waals surface area contributed by atoms with Gasteiger partial charge in [0.05, 0.1) is 11.3 Å². The van der Waals surface area contributed by atoms with Crippen molar-refractivity contribution in [2.75, 3.05) is 12.4 Å². The Hall–Kier alpha value is -1.69. The third kappa shape index (κ3) is 1.24. The first kappa shape index (κ1) is 7.42. The van der Waals surface area contributed by atoms with Crippen LogP contribution < -0.4 is 5.32 Å². The maximum atomic E-state index is 9.30. The van der Waals surface area contributed by atoms with Crippen LogP contribution in [0.3, 0.4) is 0 Å². The van der Waals surface area contributed by atoms with Crippen molar-refractivity contribution in [2.45, 2.75) is 0 Å². The van der Waals surface area contributed by atoms with E-state index in [1.54, 1.807) is 25.2 Å². The molecule has 56 valence electrons. The molecule has 2 N–H and O–H groups in total. The van der Waals surface area contributed by atoms with Crippen LogP contribution in [0, 0.1) is 11.3 Å². The average Bonchev–Trinajstić information content (AvgIpc) is 2.05. The van der Waals surface area contributed by atoms with Crippen molar-refractivity contribution in [1.29, 1.82) is 5.26 Å². The molecule has 3 heteroatoms. The Bertz CT molecular complexity index is 301. The highest BCUT2D eigenvalue weighted by Crippen LogP contribution is 2.25. The number of aromatic hydroxyl groups is 1. The summed E-state index contributed by atoms with van der Waals surface area (Å²) in [5, 5.41) is 20.6. The van der Waals surface area contributed by atoms with Gasteiger partial charge in [0, 0.05) is 7.05 Å². The lowest BCUT2D eigenvalue weighted by Crippen LogP contribution is -1.89. The summed E-state index contributed by atoms with van der Waals surface area (Å²) in [6.07, 6.45) is 0. The van der Waals surface area contributed by atoms with Crippen LogP contribution in [0.15, 0.2) is 18.2 Å². The highest BCUT2D eigenvalue weighted by atomic mass is 16.3. The molecule has 0 unspecified atom stereocenters. The number of nitriles is 1. The van der Waals surface area contributed by atoms with Gasteiger partial charge in [-0.3, -0.25) is 0 Å². The molecule has 0 aromatic heterocycles. The summed E-state index contributed by atoms with van der Waals surface area (Å²) < 4.78 is 0. The van der Waals surface area contributed by atoms with Crippen LogP contribution >= 0.6 is 0 Å². The van der Waals surface area contributed by atoms with Gasteiger partial charge in [0.15, 0.2) is 5.75 Å². The summed E-state index contributed by atoms with van der Waals surface area (Å²) in [5.74, 6) is 0.0116. The van der Waals surface area contributed by atoms with Crippen molar-refractivity contribution >= 4 is 5.69 Å². The van der Waals surface area contributed by atoms with E-state index in [1.165, 1.54) is 0 Å². The van der Waals surface area contributed by atoms with Crippen molar-refractivity contribution in [3.63, 3.8) is 0 Å². The van der Waals surface area contributed by atoms with Gasteiger partial charge in [-0.15, -0.1) is 0 Å². The summed E-state index contributed by atoms with van der Waals surface area (Å²) in [7, 11) is 1.69. The minimum Gasteiger partial charge on any atom is -0.504 e. The third-order valence-corrected chi connectivity index (χ3v) is 1.43. The molecule has 0 aliphatic rings. The Morgan fingerprint density at radius 1 is 1.55 bits per heavy atom. The number of rotatable bonds is 1. The van der Waals surface area contributed by atoms with Crippen LogP contribution in [0.2, 0.25) is 0 Å². The fraction of sp³-hybridized carbons (Fsp3) is 0.125. The standard InChI is InChI=1S/C8H8N2O/c1-10-7-4-2-3-6(5-9)8(7)11/h2-4,10-11H,1H3. The van der Waals surface area contributed by atoms with E-state index in [1.807, 2.05) is 6.07 Å². The Labute approximate surface area is 64.9 Å². The number of hydrogen-bond acceptors (Lipinski definition) is 3. The van der Waals surface area contributed by atoms with Gasteiger partial charge >= 0.3 is 0 Å². The second-order valence-corrected chi connectivity index (χ2v) is 2.06. The summed E-state index contributed by atoms with van der Waals surface area (Å²) in [5.41, 5.74) is 0.862. The molecule has 0 aliphatic carbocycles. The Morgan fingerprint density at radius 2 is 2.27 bits per heavy atom. The van der Waals surface area contributed by atoms with E-state index in [2.05, 4.69) is 5.32 Å². The first-order chi connectivity index (χ1) is 5.29. The van der Waals surface area contributed by atoms with Gasteiger partial charge in [-0.25, -0.2) is 0 Å². The summed E-state index contributed by atoms with van der Waals surface area (Å²) >= 11 is 0. The van der Waals surface area contributed by atoms with Gasteiger partial charge in [0.2, 0.25) is 0 Å². The number of para-hydroxylation sites is 1. The zero-order valence-electron chi connectivity index (χ0n) is 6.13. The molecule has 0 bridgehead atoms. The maximum Gasteiger partial charge on any atom is 0.156 e. The molecule has 0 spiro atoms. The zero-order chi connectivity index (χ0) is 8.27. The van der Waals surface area contributed by atoms with Crippen LogP contribution in [0.5, 0.6) is 5.75 Å². The van der Waals surface area contributed by atoms with E-state index in [0.29, 0.717) is 5.69 Å². The number of phenols is 1. The smallest absolute Gasteiger partial charge is 0.156 e. The molecule has 3 nitrogen and oxygen atoms in total. The van der Waals surface area contributed by atoms with E-state index >= 15 is 0 Å². The quantitative estimate of drug-likeness (QED) is 0.590. The second-order valence-electron chi connectivity index (χ2n) is 2.06. The second kappa shape index (κ2) is 2.93. The van der Waals surface area contributed by atoms with Gasteiger partial charge in [-0.05, 0) is 12.1 Å². The van der Waals surface area contributed by atoms with Gasteiger partial charge in [0.25, 0.3) is 0 Å². The number of phenolic OH excluding ortho intramolecular Hbond substituents is 1. The van der Waals surface area contributed by atoms with Crippen molar-refractivity contribution in [3.8, 4) is 11.8 Å². The SMILES string of the molecule is CNc1cccc(C#N)c1O. The van der Waals surface area contributed by atoms with Crippen LogP contribution in [0.1, 0.15) is 5.56 Å². The topological polar surface area (TPSA) is 56.0 Å². The minimum absolute atomic E-state index is 0.0116. The Kier molecular flexibility index (Phi) is 1.98. The first-order valence-corrected chi connectivity index (χ1v) is 3.19. The molecule has 0 fully saturated rings. The molecule has 0 amide bonds. The van der Waals surface area contributed by atoms with Crippen molar-refractivity contribution in [1.82, 2.24) is 0 Å². The van der Waals surface area contributed by atoms with Gasteiger partial charge in [-0.2, -0.15) is 5.26 Å². The van der Waals surface area contributed by atoms with Gasteiger partial charge in [0.1, 0.15) is 6.07 Å². The molecule has 0 radical (unpaired) electrons. The largest absolute Gasteiger partial charge is 0.504 e. The fourth-order valence-electron chi connectivity index (χ4n) is 0.835. The lowest BCUT2D eigenvalue weighted by Gasteiger charge is -2.02. The number of anilines is 1. The van der Waals surface area contributed by atoms with Crippen LogP contribution in [-0.2, 0) is 0 Å². The summed E-state index contributed by atoms with van der Waals surface area (Å²) in [4.78, 5) is 0. The molecular formula is C8H8N2O. The highest BCUT2D eigenvalue weighted by Gasteiger charge is 2.02. The van der Waals surface area contributed by atoms with Gasteiger partial charge < -0.3 is 10.4 Å². The Morgan fingerprint density at radius 3 is 2.82 bits per heavy atom. The highest BCUT2D eigenvalue weighted by molar-refractivity contribution is 5.62. The van der Waals surface area contributed by atoms with Crippen molar-refractivity contribution in [2.24, 2.45) is 0 Å². The maximum absolute atomic E-state index is 9.30. The molecule has 11 heavy (non-hydrogen) atoms. The monoisotopic (exact) mass is 148 g/mol. The fourth-order valence-corrected chi connectivity index (χ4v) is 0.835. The minimum atomic E-state index is 0.0116. The van der Waals surface area contributed by atoms with E-state index in [0.717, 1.165) is 0 Å². The molecule has 0 aliphatic heterocycles. The predicted molar refractivity (Wildman–Crippen MR) is 42.4 cm³/mol. The van der Waals surface area contributed by atoms with E-state index in [4.69, 9.17) is 5.26 Å². The van der Waals surface area contributed by atoms with E-state index in [-0.39, 0.29) is 11.3 Å². The normalized spacial score (nSPS) is 8.73. The van der Waals surface area contributed by atoms with E-state index < -0.39 is 0 Å².